The molecule has 120 valence electrons. The Morgan fingerprint density at radius 1 is 1.36 bits per heavy atom. The molecule has 1 aliphatic carbocycles. The zero-order chi connectivity index (χ0) is 15.9. The van der Waals surface area contributed by atoms with Gasteiger partial charge in [0.05, 0.1) is 24.1 Å². The van der Waals surface area contributed by atoms with Gasteiger partial charge in [0.25, 0.3) is 0 Å². The van der Waals surface area contributed by atoms with Gasteiger partial charge in [0.15, 0.2) is 11.5 Å². The van der Waals surface area contributed by atoms with Crippen LogP contribution in [0.5, 0.6) is 11.5 Å². The van der Waals surface area contributed by atoms with Crippen molar-refractivity contribution in [3.05, 3.63) is 22.2 Å². The van der Waals surface area contributed by atoms with E-state index in [0.29, 0.717) is 24.9 Å². The van der Waals surface area contributed by atoms with E-state index in [2.05, 4.69) is 29.8 Å². The van der Waals surface area contributed by atoms with Gasteiger partial charge >= 0.3 is 5.97 Å². The summed E-state index contributed by atoms with van der Waals surface area (Å²) >= 11 is 3.56. The molecule has 0 spiro atoms. The predicted octanol–water partition coefficient (Wildman–Crippen LogP) is 4.21. The van der Waals surface area contributed by atoms with E-state index in [9.17, 15) is 9.90 Å². The Morgan fingerprint density at radius 3 is 2.68 bits per heavy atom. The summed E-state index contributed by atoms with van der Waals surface area (Å²) in [6, 6.07) is 3.96. The van der Waals surface area contributed by atoms with Gasteiger partial charge in [-0.05, 0) is 58.3 Å². The van der Waals surface area contributed by atoms with Gasteiger partial charge < -0.3 is 14.6 Å². The van der Waals surface area contributed by atoms with Crippen LogP contribution in [0.2, 0.25) is 0 Å². The average Bonchev–Trinajstić information content (AvgIpc) is 3.25. The Bertz CT molecular complexity index is 593. The number of rotatable bonds is 4. The van der Waals surface area contributed by atoms with Crippen molar-refractivity contribution in [3.8, 4) is 11.5 Å². The van der Waals surface area contributed by atoms with Crippen LogP contribution in [-0.2, 0) is 4.79 Å². The zero-order valence-electron chi connectivity index (χ0n) is 12.9. The lowest BCUT2D eigenvalue weighted by Gasteiger charge is -2.19. The first-order valence-electron chi connectivity index (χ1n) is 7.66. The maximum atomic E-state index is 11.2. The van der Waals surface area contributed by atoms with E-state index in [4.69, 9.17) is 9.47 Å². The largest absolute Gasteiger partial charge is 0.489 e. The summed E-state index contributed by atoms with van der Waals surface area (Å²) in [6.45, 7) is 5.39. The highest BCUT2D eigenvalue weighted by molar-refractivity contribution is 9.10. The third-order valence-corrected chi connectivity index (χ3v) is 4.86. The molecule has 1 saturated carbocycles. The Balaban J connectivity index is 1.93. The van der Waals surface area contributed by atoms with E-state index in [1.165, 1.54) is 0 Å². The molecule has 1 unspecified atom stereocenters. The molecule has 1 N–H and O–H groups in total. The highest BCUT2D eigenvalue weighted by Crippen LogP contribution is 2.48. The lowest BCUT2D eigenvalue weighted by molar-refractivity contribution is -0.137. The first kappa shape index (κ1) is 15.7. The summed E-state index contributed by atoms with van der Waals surface area (Å²) in [7, 11) is 0. The number of carbonyl (C=O) groups is 1. The number of carboxylic acid groups (broad SMARTS) is 1. The van der Waals surface area contributed by atoms with Gasteiger partial charge in [-0.25, -0.2) is 0 Å². The molecule has 0 amide bonds. The van der Waals surface area contributed by atoms with Crippen molar-refractivity contribution >= 4 is 21.9 Å². The van der Waals surface area contributed by atoms with Crippen LogP contribution in [0, 0.1) is 11.3 Å². The van der Waals surface area contributed by atoms with E-state index in [1.54, 1.807) is 0 Å². The lowest BCUT2D eigenvalue weighted by Crippen LogP contribution is -2.26. The van der Waals surface area contributed by atoms with E-state index in [1.807, 2.05) is 12.1 Å². The summed E-state index contributed by atoms with van der Waals surface area (Å²) in [5.41, 5.74) is 0.981. The Hall–Kier alpha value is -1.23. The van der Waals surface area contributed by atoms with Crippen LogP contribution in [0.3, 0.4) is 0 Å². The van der Waals surface area contributed by atoms with E-state index < -0.39 is 5.97 Å². The number of benzene rings is 1. The van der Waals surface area contributed by atoms with Crippen molar-refractivity contribution < 1.29 is 19.4 Å². The molecule has 2 aliphatic rings. The number of ether oxygens (including phenoxy) is 2. The Morgan fingerprint density at radius 2 is 2.05 bits per heavy atom. The molecule has 1 heterocycles. The van der Waals surface area contributed by atoms with Crippen molar-refractivity contribution in [1.29, 1.82) is 0 Å². The number of hydrogen-bond acceptors (Lipinski definition) is 3. The summed E-state index contributed by atoms with van der Waals surface area (Å²) in [4.78, 5) is 11.2. The number of carboxylic acids is 1. The minimum atomic E-state index is -0.749. The molecule has 1 aliphatic heterocycles. The van der Waals surface area contributed by atoms with Crippen molar-refractivity contribution in [3.63, 3.8) is 0 Å². The number of aliphatic carboxylic acids is 1. The lowest BCUT2D eigenvalue weighted by atomic mass is 9.91. The maximum absolute atomic E-state index is 11.2. The summed E-state index contributed by atoms with van der Waals surface area (Å²) in [5, 5.41) is 9.18. The third-order valence-electron chi connectivity index (χ3n) is 4.27. The van der Waals surface area contributed by atoms with Crippen molar-refractivity contribution in [2.75, 3.05) is 13.2 Å². The molecule has 3 rings (SSSR count). The summed E-state index contributed by atoms with van der Waals surface area (Å²) in [5.74, 6) is 1.22. The van der Waals surface area contributed by atoms with Gasteiger partial charge in [-0.1, -0.05) is 13.8 Å². The van der Waals surface area contributed by atoms with E-state index in [-0.39, 0.29) is 17.8 Å². The first-order chi connectivity index (χ1) is 10.4. The van der Waals surface area contributed by atoms with Crippen molar-refractivity contribution in [2.45, 2.75) is 39.0 Å². The summed E-state index contributed by atoms with van der Waals surface area (Å²) < 4.78 is 12.7. The second-order valence-corrected chi connectivity index (χ2v) is 7.97. The predicted molar refractivity (Wildman–Crippen MR) is 86.6 cm³/mol. The monoisotopic (exact) mass is 368 g/mol. The standard InChI is InChI=1S/C17H21BrO4/c1-17(2)8-21-14-6-11(5-13(18)16(14)22-9-17)12(7-15(19)20)10-3-4-10/h5-6,10,12H,3-4,7-9H2,1-2H3,(H,19,20). The van der Waals surface area contributed by atoms with Crippen LogP contribution in [0.4, 0.5) is 0 Å². The van der Waals surface area contributed by atoms with Crippen LogP contribution >= 0.6 is 15.9 Å². The van der Waals surface area contributed by atoms with Gasteiger partial charge in [0, 0.05) is 5.41 Å². The number of halogens is 1. The Kier molecular flexibility index (Phi) is 4.10. The SMILES string of the molecule is CC1(C)COc2cc(C(CC(=O)O)C3CC3)cc(Br)c2OC1. The Labute approximate surface area is 138 Å². The molecule has 0 aromatic heterocycles. The van der Waals surface area contributed by atoms with Gasteiger partial charge in [-0.2, -0.15) is 0 Å². The van der Waals surface area contributed by atoms with Gasteiger partial charge in [-0.3, -0.25) is 4.79 Å². The minimum absolute atomic E-state index is 0.0460. The molecular weight excluding hydrogens is 348 g/mol. The second-order valence-electron chi connectivity index (χ2n) is 7.11. The quantitative estimate of drug-likeness (QED) is 0.864. The molecule has 1 fully saturated rings. The smallest absolute Gasteiger partial charge is 0.303 e. The van der Waals surface area contributed by atoms with Crippen molar-refractivity contribution in [2.24, 2.45) is 11.3 Å². The molecule has 0 radical (unpaired) electrons. The molecule has 1 aromatic carbocycles. The van der Waals surface area contributed by atoms with Gasteiger partial charge in [-0.15, -0.1) is 0 Å². The second kappa shape index (κ2) is 5.76. The molecule has 0 bridgehead atoms. The molecular formula is C17H21BrO4. The highest BCUT2D eigenvalue weighted by atomic mass is 79.9. The van der Waals surface area contributed by atoms with Gasteiger partial charge in [0.1, 0.15) is 0 Å². The fourth-order valence-corrected chi connectivity index (χ4v) is 3.45. The highest BCUT2D eigenvalue weighted by Gasteiger charge is 2.35. The minimum Gasteiger partial charge on any atom is -0.489 e. The summed E-state index contributed by atoms with van der Waals surface area (Å²) in [6.07, 6.45) is 2.39. The van der Waals surface area contributed by atoms with Crippen LogP contribution < -0.4 is 9.47 Å². The maximum Gasteiger partial charge on any atom is 0.303 e. The van der Waals surface area contributed by atoms with E-state index >= 15 is 0 Å². The van der Waals surface area contributed by atoms with Crippen molar-refractivity contribution in [1.82, 2.24) is 0 Å². The fourth-order valence-electron chi connectivity index (χ4n) is 2.88. The molecule has 1 aromatic rings. The average molecular weight is 369 g/mol. The van der Waals surface area contributed by atoms with Crippen LogP contribution in [0.1, 0.15) is 44.6 Å². The normalized spacial score (nSPS) is 21.0. The number of hydrogen-bond donors (Lipinski definition) is 1. The topological polar surface area (TPSA) is 55.8 Å². The third kappa shape index (κ3) is 3.40. The molecule has 1 atom stereocenters. The van der Waals surface area contributed by atoms with Crippen LogP contribution in [0.25, 0.3) is 0 Å². The van der Waals surface area contributed by atoms with E-state index in [0.717, 1.165) is 28.6 Å². The van der Waals surface area contributed by atoms with Gasteiger partial charge in [0.2, 0.25) is 0 Å². The zero-order valence-corrected chi connectivity index (χ0v) is 14.5. The molecule has 22 heavy (non-hydrogen) atoms. The molecule has 0 saturated heterocycles. The molecule has 5 heteroatoms. The van der Waals surface area contributed by atoms with Crippen LogP contribution in [-0.4, -0.2) is 24.3 Å². The fraction of sp³-hybridized carbons (Fsp3) is 0.588. The number of fused-ring (bicyclic) bond motifs is 1. The first-order valence-corrected chi connectivity index (χ1v) is 8.46. The van der Waals surface area contributed by atoms with Crippen LogP contribution in [0.15, 0.2) is 16.6 Å². The molecule has 4 nitrogen and oxygen atoms in total.